The molecule has 0 radical (unpaired) electrons. The Hall–Kier alpha value is -0.820. The number of hydrogen-bond acceptors (Lipinski definition) is 3. The van der Waals surface area contributed by atoms with E-state index in [1.54, 1.807) is 13.8 Å². The third-order valence-corrected chi connectivity index (χ3v) is 2.08. The van der Waals surface area contributed by atoms with Gasteiger partial charge in [-0.25, -0.2) is 0 Å². The Morgan fingerprint density at radius 1 is 1.41 bits per heavy atom. The number of nitrogens with zero attached hydrogens (tertiary/aromatic N) is 1. The van der Waals surface area contributed by atoms with E-state index >= 15 is 0 Å². The van der Waals surface area contributed by atoms with Gasteiger partial charge in [0.25, 0.3) is 0 Å². The fourth-order valence-corrected chi connectivity index (χ4v) is 1.27. The zero-order valence-electron chi connectivity index (χ0n) is 10.3. The van der Waals surface area contributed by atoms with Crippen LogP contribution in [0.4, 0.5) is 13.2 Å². The Balaban J connectivity index is 4.06. The van der Waals surface area contributed by atoms with E-state index in [2.05, 4.69) is 5.32 Å². The van der Waals surface area contributed by atoms with Gasteiger partial charge in [-0.1, -0.05) is 0 Å². The fraction of sp³-hybridized carbons (Fsp3) is 0.900. The van der Waals surface area contributed by atoms with Crippen LogP contribution in [-0.4, -0.2) is 56.4 Å². The second-order valence-corrected chi connectivity index (χ2v) is 3.89. The van der Waals surface area contributed by atoms with Crippen molar-refractivity contribution in [1.29, 1.82) is 0 Å². The summed E-state index contributed by atoms with van der Waals surface area (Å²) in [6.45, 7) is 2.87. The average Bonchev–Trinajstić information content (AvgIpc) is 2.15. The predicted octanol–water partition coefficient (Wildman–Crippen LogP) is 1.02. The molecule has 0 bridgehead atoms. The molecule has 0 aliphatic rings. The molecule has 0 aromatic heterocycles. The highest BCUT2D eigenvalue weighted by Gasteiger charge is 2.27. The molecule has 0 saturated carbocycles. The lowest BCUT2D eigenvalue weighted by molar-refractivity contribution is -0.136. The van der Waals surface area contributed by atoms with Gasteiger partial charge in [-0.2, -0.15) is 13.2 Å². The smallest absolute Gasteiger partial charge is 0.383 e. The van der Waals surface area contributed by atoms with Crippen molar-refractivity contribution in [3.8, 4) is 0 Å². The van der Waals surface area contributed by atoms with E-state index in [1.165, 1.54) is 12.0 Å². The van der Waals surface area contributed by atoms with Crippen molar-refractivity contribution in [2.45, 2.75) is 26.1 Å². The number of ether oxygens (including phenoxy) is 1. The van der Waals surface area contributed by atoms with Crippen LogP contribution in [0.2, 0.25) is 0 Å². The molecule has 0 aliphatic carbocycles. The standard InChI is InChI=1S/C10H19F3N2O2/c1-8(2)15(4-5-17-3)9(16)6-14-7-10(11,12)13/h8,14H,4-7H2,1-3H3. The van der Waals surface area contributed by atoms with Crippen LogP contribution < -0.4 is 5.32 Å². The number of alkyl halides is 3. The molecule has 0 fully saturated rings. The average molecular weight is 256 g/mol. The fourth-order valence-electron chi connectivity index (χ4n) is 1.27. The molecule has 1 N–H and O–H groups in total. The summed E-state index contributed by atoms with van der Waals surface area (Å²) in [5, 5.41) is 2.08. The van der Waals surface area contributed by atoms with Gasteiger partial charge in [-0.3, -0.25) is 4.79 Å². The molecule has 0 unspecified atom stereocenters. The number of methoxy groups -OCH3 is 1. The van der Waals surface area contributed by atoms with Gasteiger partial charge in [0.1, 0.15) is 0 Å². The third kappa shape index (κ3) is 7.98. The van der Waals surface area contributed by atoms with E-state index in [-0.39, 0.29) is 18.5 Å². The van der Waals surface area contributed by atoms with E-state index in [1.807, 2.05) is 0 Å². The maximum atomic E-state index is 11.9. The summed E-state index contributed by atoms with van der Waals surface area (Å²) in [5.41, 5.74) is 0. The number of nitrogens with one attached hydrogen (secondary N) is 1. The molecule has 0 aromatic rings. The van der Waals surface area contributed by atoms with Crippen LogP contribution in [0.25, 0.3) is 0 Å². The zero-order valence-corrected chi connectivity index (χ0v) is 10.3. The Kier molecular flexibility index (Phi) is 7.13. The van der Waals surface area contributed by atoms with Gasteiger partial charge < -0.3 is 15.0 Å². The van der Waals surface area contributed by atoms with Gasteiger partial charge in [-0.15, -0.1) is 0 Å². The lowest BCUT2D eigenvalue weighted by Gasteiger charge is -2.26. The van der Waals surface area contributed by atoms with Gasteiger partial charge in [0, 0.05) is 19.7 Å². The van der Waals surface area contributed by atoms with Crippen LogP contribution in [0.5, 0.6) is 0 Å². The normalized spacial score (nSPS) is 11.9. The number of carbonyl (C=O) groups excluding carboxylic acids is 1. The third-order valence-electron chi connectivity index (χ3n) is 2.08. The maximum Gasteiger partial charge on any atom is 0.401 e. The van der Waals surface area contributed by atoms with Gasteiger partial charge in [0.05, 0.1) is 19.7 Å². The quantitative estimate of drug-likeness (QED) is 0.739. The molecule has 17 heavy (non-hydrogen) atoms. The van der Waals surface area contributed by atoms with Crippen LogP contribution in [-0.2, 0) is 9.53 Å². The van der Waals surface area contributed by atoms with Crippen LogP contribution >= 0.6 is 0 Å². The SMILES string of the molecule is COCCN(C(=O)CNCC(F)(F)F)C(C)C. The van der Waals surface area contributed by atoms with E-state index in [9.17, 15) is 18.0 Å². The van der Waals surface area contributed by atoms with Crippen molar-refractivity contribution in [3.63, 3.8) is 0 Å². The summed E-state index contributed by atoms with van der Waals surface area (Å²) in [6.07, 6.45) is -4.30. The first kappa shape index (κ1) is 16.2. The Morgan fingerprint density at radius 2 is 2.00 bits per heavy atom. The summed E-state index contributed by atoms with van der Waals surface area (Å²) in [6, 6.07) is -0.0645. The minimum absolute atomic E-state index is 0.0645. The maximum absolute atomic E-state index is 11.9. The molecule has 0 aliphatic heterocycles. The molecule has 4 nitrogen and oxygen atoms in total. The molecule has 102 valence electrons. The molecule has 0 spiro atoms. The second-order valence-electron chi connectivity index (χ2n) is 3.89. The monoisotopic (exact) mass is 256 g/mol. The van der Waals surface area contributed by atoms with Crippen LogP contribution in [0.1, 0.15) is 13.8 Å². The lowest BCUT2D eigenvalue weighted by Crippen LogP contribution is -2.45. The second kappa shape index (κ2) is 7.50. The molecular weight excluding hydrogens is 237 g/mol. The highest BCUT2D eigenvalue weighted by Crippen LogP contribution is 2.12. The largest absolute Gasteiger partial charge is 0.401 e. The van der Waals surface area contributed by atoms with E-state index < -0.39 is 12.7 Å². The first-order valence-electron chi connectivity index (χ1n) is 5.33. The molecule has 0 atom stereocenters. The first-order chi connectivity index (χ1) is 7.78. The van der Waals surface area contributed by atoms with Gasteiger partial charge in [0.15, 0.2) is 0 Å². The number of carbonyl (C=O) groups is 1. The van der Waals surface area contributed by atoms with Crippen LogP contribution in [0.15, 0.2) is 0 Å². The molecule has 0 heterocycles. The molecule has 0 saturated heterocycles. The number of amides is 1. The van der Waals surface area contributed by atoms with E-state index in [0.29, 0.717) is 13.2 Å². The van der Waals surface area contributed by atoms with Gasteiger partial charge >= 0.3 is 6.18 Å². The Bertz CT molecular complexity index is 232. The van der Waals surface area contributed by atoms with Crippen molar-refractivity contribution in [3.05, 3.63) is 0 Å². The van der Waals surface area contributed by atoms with Crippen LogP contribution in [0.3, 0.4) is 0 Å². The van der Waals surface area contributed by atoms with Crippen molar-refractivity contribution in [1.82, 2.24) is 10.2 Å². The summed E-state index contributed by atoms with van der Waals surface area (Å²) in [5.74, 6) is -0.360. The topological polar surface area (TPSA) is 41.6 Å². The summed E-state index contributed by atoms with van der Waals surface area (Å²) in [4.78, 5) is 13.1. The highest BCUT2D eigenvalue weighted by molar-refractivity contribution is 5.78. The number of halogens is 3. The van der Waals surface area contributed by atoms with E-state index in [0.717, 1.165) is 0 Å². The number of hydrogen-bond donors (Lipinski definition) is 1. The first-order valence-corrected chi connectivity index (χ1v) is 5.33. The molecule has 0 rings (SSSR count). The molecule has 1 amide bonds. The Labute approximate surface area is 99.1 Å². The Morgan fingerprint density at radius 3 is 2.41 bits per heavy atom. The molecular formula is C10H19F3N2O2. The van der Waals surface area contributed by atoms with Crippen LogP contribution in [0, 0.1) is 0 Å². The minimum Gasteiger partial charge on any atom is -0.383 e. The van der Waals surface area contributed by atoms with Crippen molar-refractivity contribution in [2.24, 2.45) is 0 Å². The number of rotatable bonds is 7. The van der Waals surface area contributed by atoms with Crippen molar-refractivity contribution < 1.29 is 22.7 Å². The lowest BCUT2D eigenvalue weighted by atomic mass is 10.3. The molecule has 7 heteroatoms. The summed E-state index contributed by atoms with van der Waals surface area (Å²) in [7, 11) is 1.50. The van der Waals surface area contributed by atoms with Crippen molar-refractivity contribution in [2.75, 3.05) is 33.4 Å². The van der Waals surface area contributed by atoms with Crippen molar-refractivity contribution >= 4 is 5.91 Å². The summed E-state index contributed by atoms with van der Waals surface area (Å²) >= 11 is 0. The summed E-state index contributed by atoms with van der Waals surface area (Å²) < 4.78 is 40.4. The highest BCUT2D eigenvalue weighted by atomic mass is 19.4. The molecule has 0 aromatic carbocycles. The minimum atomic E-state index is -4.30. The van der Waals surface area contributed by atoms with E-state index in [4.69, 9.17) is 4.74 Å². The predicted molar refractivity (Wildman–Crippen MR) is 57.6 cm³/mol. The van der Waals surface area contributed by atoms with Gasteiger partial charge in [0.2, 0.25) is 5.91 Å². The van der Waals surface area contributed by atoms with Gasteiger partial charge in [-0.05, 0) is 13.8 Å². The zero-order chi connectivity index (χ0) is 13.5.